The number of aliphatic carboxylic acids is 2. The highest BCUT2D eigenvalue weighted by Crippen LogP contribution is 2.17. The Morgan fingerprint density at radius 2 is 1.20 bits per heavy atom. The van der Waals surface area contributed by atoms with E-state index in [4.69, 9.17) is 59.7 Å². The van der Waals surface area contributed by atoms with E-state index in [2.05, 4.69) is 4.99 Å². The second-order valence-corrected chi connectivity index (χ2v) is 9.48. The van der Waals surface area contributed by atoms with Crippen LogP contribution in [0.3, 0.4) is 0 Å². The molecule has 1 amide bonds. The number of rotatable bonds is 23. The fourth-order valence-corrected chi connectivity index (χ4v) is 3.50. The molecule has 0 aliphatic heterocycles. The number of carbonyl (C=O) groups is 4. The minimum absolute atomic E-state index is 0.0551. The van der Waals surface area contributed by atoms with Crippen molar-refractivity contribution in [1.82, 2.24) is 4.90 Å². The predicted molar refractivity (Wildman–Crippen MR) is 168 cm³/mol. The molecule has 18 nitrogen and oxygen atoms in total. The van der Waals surface area contributed by atoms with Crippen molar-refractivity contribution in [3.8, 4) is 5.75 Å². The van der Waals surface area contributed by atoms with Crippen LogP contribution in [0.5, 0.6) is 5.75 Å². The van der Waals surface area contributed by atoms with Crippen LogP contribution in [0.4, 0.5) is 10.5 Å². The van der Waals surface area contributed by atoms with Gasteiger partial charge in [0.15, 0.2) is 5.96 Å². The van der Waals surface area contributed by atoms with Gasteiger partial charge in [0, 0.05) is 13.1 Å². The molecule has 0 bridgehead atoms. The molecule has 49 heavy (non-hydrogen) atoms. The van der Waals surface area contributed by atoms with E-state index in [0.29, 0.717) is 43.2 Å². The first-order valence-electron chi connectivity index (χ1n) is 14.7. The number of nitrogens with two attached hydrogens (primary N) is 2. The number of guanidine groups is 1. The van der Waals surface area contributed by atoms with Gasteiger partial charge in [-0.15, -0.1) is 0 Å². The van der Waals surface area contributed by atoms with Crippen LogP contribution >= 0.6 is 0 Å². The maximum atomic E-state index is 12.7. The lowest BCUT2D eigenvalue weighted by molar-refractivity contribution is -0.191. The lowest BCUT2D eigenvalue weighted by Gasteiger charge is -2.21. The predicted octanol–water partition coefficient (Wildman–Crippen LogP) is 1.18. The summed E-state index contributed by atoms with van der Waals surface area (Å²) in [6.07, 6.45) is -0.773. The largest absolute Gasteiger partial charge is 0.481 e. The summed E-state index contributed by atoms with van der Waals surface area (Å²) in [6.45, 7) is 2.05. The van der Waals surface area contributed by atoms with Gasteiger partial charge >= 0.3 is 30.2 Å². The number of carboxylic acid groups (broad SMARTS) is 2. The lowest BCUT2D eigenvalue weighted by Crippen LogP contribution is -2.36. The zero-order valence-corrected chi connectivity index (χ0v) is 26.7. The number of carboxylic acids is 2. The number of aliphatic imine (C=N–C) groups is 1. The molecule has 2 aromatic rings. The number of nitrogens with zero attached hydrogens (tertiary/aromatic N) is 2. The first kappa shape index (κ1) is 41.6. The molecule has 2 rings (SSSR count). The molecule has 0 radical (unpaired) electrons. The molecule has 0 aromatic heterocycles. The van der Waals surface area contributed by atoms with Gasteiger partial charge in [0.2, 0.25) is 0 Å². The Hall–Kier alpha value is -5.39. The third-order valence-electron chi connectivity index (χ3n) is 5.79. The van der Waals surface area contributed by atoms with Crippen LogP contribution in [-0.4, -0.2) is 117 Å². The maximum Gasteiger partial charge on any atom is 0.410 e. The monoisotopic (exact) mass is 692 g/mol. The smallest absolute Gasteiger partial charge is 0.410 e. The molecular formula is C31H40N4O14. The molecule has 0 saturated carbocycles. The van der Waals surface area contributed by atoms with Crippen molar-refractivity contribution in [2.24, 2.45) is 16.5 Å². The minimum Gasteiger partial charge on any atom is -0.481 e. The van der Waals surface area contributed by atoms with E-state index in [9.17, 15) is 19.2 Å². The fourth-order valence-electron chi connectivity index (χ4n) is 3.50. The Kier molecular flexibility index (Phi) is 21.8. The molecule has 0 unspecified atom stereocenters. The first-order chi connectivity index (χ1) is 23.5. The number of amides is 1. The normalized spacial score (nSPS) is 10.1. The Balaban J connectivity index is 0.00000385. The number of hydrogen-bond donors (Lipinski definition) is 4. The molecule has 0 aliphatic rings. The van der Waals surface area contributed by atoms with Crippen LogP contribution in [0.2, 0.25) is 0 Å². The van der Waals surface area contributed by atoms with Gasteiger partial charge in [-0.3, -0.25) is 9.59 Å². The van der Waals surface area contributed by atoms with Gasteiger partial charge in [0.1, 0.15) is 12.4 Å². The number of benzene rings is 2. The summed E-state index contributed by atoms with van der Waals surface area (Å²) in [4.78, 5) is 67.9. The Bertz CT molecular complexity index is 1340. The van der Waals surface area contributed by atoms with Crippen LogP contribution < -0.4 is 16.2 Å². The van der Waals surface area contributed by atoms with Crippen molar-refractivity contribution in [1.29, 1.82) is 0 Å². The second kappa shape index (κ2) is 25.7. The highest BCUT2D eigenvalue weighted by Gasteiger charge is 2.17. The van der Waals surface area contributed by atoms with Crippen LogP contribution in [0.1, 0.15) is 28.8 Å². The zero-order valence-electron chi connectivity index (χ0n) is 26.7. The third-order valence-corrected chi connectivity index (χ3v) is 5.79. The fraction of sp³-hybridized carbons (Fsp3) is 0.419. The summed E-state index contributed by atoms with van der Waals surface area (Å²) < 4.78 is 32.0. The summed E-state index contributed by atoms with van der Waals surface area (Å²) in [5.74, 6) is -2.38. The molecule has 0 atom stereocenters. The van der Waals surface area contributed by atoms with Crippen LogP contribution in [0, 0.1) is 0 Å². The van der Waals surface area contributed by atoms with E-state index in [-0.39, 0.29) is 76.8 Å². The number of hydrogen-bond acceptors (Lipinski definition) is 13. The highest BCUT2D eigenvalue weighted by molar-refractivity contribution is 5.91. The van der Waals surface area contributed by atoms with Crippen molar-refractivity contribution < 1.29 is 67.4 Å². The highest BCUT2D eigenvalue weighted by atomic mass is 16.6. The van der Waals surface area contributed by atoms with E-state index >= 15 is 0 Å². The third kappa shape index (κ3) is 21.2. The summed E-state index contributed by atoms with van der Waals surface area (Å²) >= 11 is 0. The summed E-state index contributed by atoms with van der Waals surface area (Å²) in [5, 5.41) is 17.6. The van der Waals surface area contributed by atoms with Gasteiger partial charge < -0.3 is 55.0 Å². The van der Waals surface area contributed by atoms with Gasteiger partial charge in [-0.2, -0.15) is 9.59 Å². The average Bonchev–Trinajstić information content (AvgIpc) is 3.06. The van der Waals surface area contributed by atoms with Crippen molar-refractivity contribution in [3.63, 3.8) is 0 Å². The average molecular weight is 693 g/mol. The topological polar surface area (TPSA) is 266 Å². The molecule has 0 aliphatic carbocycles. The molecule has 0 spiro atoms. The van der Waals surface area contributed by atoms with E-state index < -0.39 is 24.0 Å². The Morgan fingerprint density at radius 3 is 1.71 bits per heavy atom. The molecule has 0 heterocycles. The molecule has 6 N–H and O–H groups in total. The van der Waals surface area contributed by atoms with Crippen LogP contribution in [-0.2, 0) is 49.5 Å². The van der Waals surface area contributed by atoms with Crippen LogP contribution in [0.25, 0.3) is 0 Å². The van der Waals surface area contributed by atoms with Crippen LogP contribution in [0.15, 0.2) is 53.5 Å². The SMILES string of the molecule is NC(N)=Nc1ccc(C(=O)Oc2ccc(COC(=O)N(CCOCCOCCOCCOCCC(=O)O)CCC(=O)O)cc2)cc1.O=C=O. The molecule has 0 fully saturated rings. The van der Waals surface area contributed by atoms with Gasteiger partial charge in [-0.25, -0.2) is 14.6 Å². The Morgan fingerprint density at radius 1 is 0.694 bits per heavy atom. The van der Waals surface area contributed by atoms with Crippen molar-refractivity contribution in [2.75, 3.05) is 65.9 Å². The minimum atomic E-state index is -1.06. The van der Waals surface area contributed by atoms with Gasteiger partial charge in [-0.05, 0) is 42.0 Å². The number of ether oxygens (including phenoxy) is 6. The van der Waals surface area contributed by atoms with E-state index in [1.54, 1.807) is 36.4 Å². The molecular weight excluding hydrogens is 652 g/mol. The quantitative estimate of drug-likeness (QED) is 0.0419. The van der Waals surface area contributed by atoms with E-state index in [1.165, 1.54) is 17.0 Å². The first-order valence-corrected chi connectivity index (χ1v) is 14.7. The van der Waals surface area contributed by atoms with Crippen molar-refractivity contribution in [2.45, 2.75) is 19.4 Å². The van der Waals surface area contributed by atoms with Gasteiger partial charge in [-0.1, -0.05) is 12.1 Å². The summed E-state index contributed by atoms with van der Waals surface area (Å²) in [7, 11) is 0. The summed E-state index contributed by atoms with van der Waals surface area (Å²) in [5.41, 5.74) is 12.1. The maximum absolute atomic E-state index is 12.7. The van der Waals surface area contributed by atoms with Gasteiger partial charge in [0.25, 0.3) is 0 Å². The molecule has 2 aromatic carbocycles. The van der Waals surface area contributed by atoms with Crippen molar-refractivity contribution >= 4 is 41.8 Å². The zero-order chi connectivity index (χ0) is 36.3. The molecule has 268 valence electrons. The molecule has 18 heteroatoms. The molecule has 0 saturated heterocycles. The number of carbonyl (C=O) groups excluding carboxylic acids is 4. The standard InChI is InChI=1S/C30H40N4O12.CO2/c31-29(32)33-24-5-3-23(4-6-24)28(39)46-25-7-1-22(2-8-25)21-45-30(40)34(11-9-26(35)36)12-14-42-16-18-44-20-19-43-17-15-41-13-10-27(37)38;2-1-3/h1-8H,9-21H2,(H,35,36)(H,37,38)(H4,31,32,33);. The Labute approximate surface area is 281 Å². The van der Waals surface area contributed by atoms with Crippen molar-refractivity contribution in [3.05, 3.63) is 59.7 Å². The number of esters is 1. The van der Waals surface area contributed by atoms with Gasteiger partial charge in [0.05, 0.1) is 76.9 Å². The van der Waals surface area contributed by atoms with E-state index in [0.717, 1.165) is 0 Å². The summed E-state index contributed by atoms with van der Waals surface area (Å²) in [6, 6.07) is 12.6. The second-order valence-electron chi connectivity index (χ2n) is 9.48. The van der Waals surface area contributed by atoms with E-state index in [1.807, 2.05) is 0 Å². The lowest BCUT2D eigenvalue weighted by atomic mass is 10.2.